The zero-order valence-corrected chi connectivity index (χ0v) is 20.3. The molecule has 0 saturated carbocycles. The number of hydrogen-bond acceptors (Lipinski definition) is 7. The number of fused-ring (bicyclic) bond motifs is 1. The van der Waals surface area contributed by atoms with Gasteiger partial charge in [-0.25, -0.2) is 0 Å². The Labute approximate surface area is 199 Å². The van der Waals surface area contributed by atoms with Crippen LogP contribution in [0.25, 0.3) is 10.8 Å². The van der Waals surface area contributed by atoms with Crippen molar-refractivity contribution in [1.29, 1.82) is 0 Å². The van der Waals surface area contributed by atoms with Crippen molar-refractivity contribution in [2.24, 2.45) is 0 Å². The van der Waals surface area contributed by atoms with E-state index >= 15 is 0 Å². The molecular formula is C25H30ClN3O4. The van der Waals surface area contributed by atoms with E-state index in [9.17, 15) is 0 Å². The van der Waals surface area contributed by atoms with Crippen molar-refractivity contribution in [2.75, 3.05) is 59.5 Å². The third kappa shape index (κ3) is 4.87. The molecule has 0 N–H and O–H groups in total. The Morgan fingerprint density at radius 2 is 1.55 bits per heavy atom. The van der Waals surface area contributed by atoms with Gasteiger partial charge in [0.05, 0.1) is 24.9 Å². The summed E-state index contributed by atoms with van der Waals surface area (Å²) < 4.78 is 22.1. The summed E-state index contributed by atoms with van der Waals surface area (Å²) in [5.74, 6) is 1.32. The average Bonchev–Trinajstić information content (AvgIpc) is 2.86. The highest BCUT2D eigenvalue weighted by molar-refractivity contribution is 6.33. The van der Waals surface area contributed by atoms with Crippen LogP contribution in [-0.2, 0) is 16.0 Å². The summed E-state index contributed by atoms with van der Waals surface area (Å²) in [5.41, 5.74) is 2.92. The highest BCUT2D eigenvalue weighted by Gasteiger charge is 2.23. The second kappa shape index (κ2) is 10.6. The molecule has 2 heterocycles. The zero-order valence-electron chi connectivity index (χ0n) is 19.5. The monoisotopic (exact) mass is 471 g/mol. The first kappa shape index (κ1) is 23.6. The second-order valence-electron chi connectivity index (χ2n) is 7.94. The normalized spacial score (nSPS) is 14.8. The predicted octanol–water partition coefficient (Wildman–Crippen LogP) is 4.52. The molecule has 176 valence electrons. The van der Waals surface area contributed by atoms with Crippen molar-refractivity contribution >= 4 is 28.1 Å². The summed E-state index contributed by atoms with van der Waals surface area (Å²) in [6.07, 6.45) is 1.34. The van der Waals surface area contributed by atoms with Crippen LogP contribution in [0.5, 0.6) is 11.5 Å². The quantitative estimate of drug-likeness (QED) is 0.448. The van der Waals surface area contributed by atoms with Gasteiger partial charge in [-0.1, -0.05) is 23.7 Å². The summed E-state index contributed by atoms with van der Waals surface area (Å²) in [5, 5.41) is 2.77. The first-order chi connectivity index (χ1) is 16.1. The molecule has 1 fully saturated rings. The molecule has 1 saturated heterocycles. The molecule has 0 aliphatic carbocycles. The van der Waals surface area contributed by atoms with Crippen LogP contribution in [0.1, 0.15) is 17.5 Å². The Balaban J connectivity index is 1.61. The van der Waals surface area contributed by atoms with Gasteiger partial charge in [0.25, 0.3) is 0 Å². The van der Waals surface area contributed by atoms with Gasteiger partial charge in [-0.05, 0) is 35.2 Å². The molecule has 0 unspecified atom stereocenters. The largest absolute Gasteiger partial charge is 0.493 e. The molecule has 0 bridgehead atoms. The van der Waals surface area contributed by atoms with Crippen molar-refractivity contribution in [1.82, 2.24) is 9.88 Å². The molecule has 8 heteroatoms. The van der Waals surface area contributed by atoms with E-state index < -0.39 is 6.29 Å². The highest BCUT2D eigenvalue weighted by Crippen LogP contribution is 2.37. The molecule has 1 aliphatic rings. The van der Waals surface area contributed by atoms with Crippen molar-refractivity contribution < 1.29 is 18.9 Å². The number of methoxy groups -OCH3 is 4. The zero-order chi connectivity index (χ0) is 23.4. The number of nitrogens with zero attached hydrogens (tertiary/aromatic N) is 3. The maximum atomic E-state index is 6.40. The summed E-state index contributed by atoms with van der Waals surface area (Å²) in [4.78, 5) is 9.49. The lowest BCUT2D eigenvalue weighted by molar-refractivity contribution is -0.107. The maximum Gasteiger partial charge on any atom is 0.201 e. The molecule has 1 aliphatic heterocycles. The maximum absolute atomic E-state index is 6.40. The number of para-hydroxylation sites is 1. The van der Waals surface area contributed by atoms with Gasteiger partial charge >= 0.3 is 0 Å². The van der Waals surface area contributed by atoms with E-state index in [-0.39, 0.29) is 0 Å². The van der Waals surface area contributed by atoms with Crippen molar-refractivity contribution in [3.8, 4) is 11.5 Å². The third-order valence-electron chi connectivity index (χ3n) is 6.12. The molecule has 0 atom stereocenters. The number of benzene rings is 2. The standard InChI is InChI=1S/C25H30ClN3O4/c1-30-22-13-18-17(15-27-24(25(32-3)33-4)19(18)14-23(22)31-2)16-28-9-11-29(12-10-28)21-8-6-5-7-20(21)26/h5-8,13-15,25H,9-12,16H2,1-4H3. The molecule has 3 aromatic rings. The van der Waals surface area contributed by atoms with E-state index in [0.717, 1.165) is 59.8 Å². The molecule has 0 spiro atoms. The van der Waals surface area contributed by atoms with Crippen LogP contribution in [0.4, 0.5) is 5.69 Å². The lowest BCUT2D eigenvalue weighted by atomic mass is 10.0. The predicted molar refractivity (Wildman–Crippen MR) is 131 cm³/mol. The molecule has 1 aromatic heterocycles. The van der Waals surface area contributed by atoms with Gasteiger partial charge in [-0.15, -0.1) is 0 Å². The van der Waals surface area contributed by atoms with Crippen LogP contribution in [0.3, 0.4) is 0 Å². The van der Waals surface area contributed by atoms with Gasteiger partial charge in [0, 0.05) is 58.5 Å². The van der Waals surface area contributed by atoms with Gasteiger partial charge in [-0.3, -0.25) is 9.88 Å². The smallest absolute Gasteiger partial charge is 0.201 e. The third-order valence-corrected chi connectivity index (χ3v) is 6.44. The van der Waals surface area contributed by atoms with E-state index in [1.54, 1.807) is 28.4 Å². The minimum atomic E-state index is -0.571. The summed E-state index contributed by atoms with van der Waals surface area (Å²) in [6.45, 7) is 4.47. The van der Waals surface area contributed by atoms with Gasteiger partial charge in [-0.2, -0.15) is 0 Å². The van der Waals surface area contributed by atoms with Crippen LogP contribution >= 0.6 is 11.6 Å². The minimum Gasteiger partial charge on any atom is -0.493 e. The van der Waals surface area contributed by atoms with Gasteiger partial charge < -0.3 is 23.8 Å². The van der Waals surface area contributed by atoms with Crippen LogP contribution in [-0.4, -0.2) is 64.5 Å². The van der Waals surface area contributed by atoms with Crippen molar-refractivity contribution in [3.63, 3.8) is 0 Å². The number of pyridine rings is 1. The number of ether oxygens (including phenoxy) is 4. The summed E-state index contributed by atoms with van der Waals surface area (Å²) in [7, 11) is 6.49. The molecule has 0 amide bonds. The SMILES string of the molecule is COc1cc2c(CN3CCN(c4ccccc4Cl)CC3)cnc(C(OC)OC)c2cc1OC. The number of aromatic nitrogens is 1. The van der Waals surface area contributed by atoms with Crippen LogP contribution in [0.15, 0.2) is 42.6 Å². The molecular weight excluding hydrogens is 442 g/mol. The highest BCUT2D eigenvalue weighted by atomic mass is 35.5. The molecule has 2 aromatic carbocycles. The van der Waals surface area contributed by atoms with Gasteiger partial charge in [0.2, 0.25) is 6.29 Å². The first-order valence-electron chi connectivity index (χ1n) is 10.9. The number of hydrogen-bond donors (Lipinski definition) is 0. The lowest BCUT2D eigenvalue weighted by Crippen LogP contribution is -2.46. The fourth-order valence-corrected chi connectivity index (χ4v) is 4.63. The Morgan fingerprint density at radius 1 is 0.909 bits per heavy atom. The van der Waals surface area contributed by atoms with E-state index in [1.807, 2.05) is 36.5 Å². The van der Waals surface area contributed by atoms with Gasteiger partial charge in [0.15, 0.2) is 11.5 Å². The van der Waals surface area contributed by atoms with Crippen LogP contribution < -0.4 is 14.4 Å². The van der Waals surface area contributed by atoms with Crippen molar-refractivity contribution in [3.05, 3.63) is 58.9 Å². The topological polar surface area (TPSA) is 56.3 Å². The van der Waals surface area contributed by atoms with E-state index in [1.165, 1.54) is 0 Å². The summed E-state index contributed by atoms with van der Waals surface area (Å²) in [6, 6.07) is 12.0. The lowest BCUT2D eigenvalue weighted by Gasteiger charge is -2.36. The molecule has 4 rings (SSSR count). The fraction of sp³-hybridized carbons (Fsp3) is 0.400. The Kier molecular flexibility index (Phi) is 7.55. The molecule has 33 heavy (non-hydrogen) atoms. The second-order valence-corrected chi connectivity index (χ2v) is 8.35. The Bertz CT molecular complexity index is 1100. The van der Waals surface area contributed by atoms with E-state index in [4.69, 9.17) is 35.5 Å². The Hall–Kier alpha value is -2.58. The fourth-order valence-electron chi connectivity index (χ4n) is 4.37. The molecule has 0 radical (unpaired) electrons. The number of anilines is 1. The minimum absolute atomic E-state index is 0.571. The Morgan fingerprint density at radius 3 is 2.15 bits per heavy atom. The number of piperazine rings is 1. The average molecular weight is 472 g/mol. The van der Waals surface area contributed by atoms with E-state index in [0.29, 0.717) is 17.2 Å². The number of rotatable bonds is 8. The summed E-state index contributed by atoms with van der Waals surface area (Å²) >= 11 is 6.40. The van der Waals surface area contributed by atoms with Crippen LogP contribution in [0.2, 0.25) is 5.02 Å². The molecule has 7 nitrogen and oxygen atoms in total. The van der Waals surface area contributed by atoms with E-state index in [2.05, 4.69) is 15.9 Å². The van der Waals surface area contributed by atoms with Crippen LogP contribution in [0, 0.1) is 0 Å². The van der Waals surface area contributed by atoms with Gasteiger partial charge in [0.1, 0.15) is 5.69 Å². The number of halogens is 1. The van der Waals surface area contributed by atoms with Crippen molar-refractivity contribution in [2.45, 2.75) is 12.8 Å². The first-order valence-corrected chi connectivity index (χ1v) is 11.3.